The van der Waals surface area contributed by atoms with E-state index in [0.29, 0.717) is 12.2 Å². The summed E-state index contributed by atoms with van der Waals surface area (Å²) in [5.74, 6) is 1.55. The van der Waals surface area contributed by atoms with E-state index in [1.807, 2.05) is 49.4 Å². The predicted octanol–water partition coefficient (Wildman–Crippen LogP) is 5.80. The number of rotatable bonds is 7. The molecule has 3 aromatic carbocycles. The minimum absolute atomic E-state index is 0.0271. The molecule has 0 spiro atoms. The number of nitrogens with zero attached hydrogens (tertiary/aromatic N) is 2. The van der Waals surface area contributed by atoms with Crippen LogP contribution in [0.1, 0.15) is 31.7 Å². The molecular formula is C27H26FN3O2. The van der Waals surface area contributed by atoms with Gasteiger partial charge in [0.15, 0.2) is 0 Å². The summed E-state index contributed by atoms with van der Waals surface area (Å²) in [6.07, 6.45) is 5.61. The van der Waals surface area contributed by atoms with Crippen molar-refractivity contribution in [2.24, 2.45) is 5.92 Å². The van der Waals surface area contributed by atoms with Crippen molar-refractivity contribution in [3.8, 4) is 17.2 Å². The van der Waals surface area contributed by atoms with Crippen molar-refractivity contribution < 1.29 is 13.9 Å². The molecule has 33 heavy (non-hydrogen) atoms. The summed E-state index contributed by atoms with van der Waals surface area (Å²) in [4.78, 5) is 12.3. The number of nitrogens with one attached hydrogen (secondary N) is 1. The highest BCUT2D eigenvalue weighted by atomic mass is 19.1. The molecule has 168 valence electrons. The van der Waals surface area contributed by atoms with Crippen molar-refractivity contribution >= 4 is 16.8 Å². The number of aromatic nitrogens is 2. The lowest BCUT2D eigenvalue weighted by atomic mass is 9.84. The molecule has 6 heteroatoms. The van der Waals surface area contributed by atoms with Gasteiger partial charge in [0.05, 0.1) is 17.4 Å². The van der Waals surface area contributed by atoms with E-state index in [0.717, 1.165) is 47.2 Å². The number of carbonyl (C=O) groups is 1. The number of benzene rings is 3. The Morgan fingerprint density at radius 2 is 1.94 bits per heavy atom. The lowest BCUT2D eigenvalue weighted by Gasteiger charge is -2.26. The molecule has 0 unspecified atom stereocenters. The quantitative estimate of drug-likeness (QED) is 0.392. The van der Waals surface area contributed by atoms with E-state index in [1.54, 1.807) is 23.0 Å². The van der Waals surface area contributed by atoms with Crippen LogP contribution in [0.15, 0.2) is 72.9 Å². The molecule has 4 aromatic rings. The first-order valence-electron chi connectivity index (χ1n) is 11.4. The lowest BCUT2D eigenvalue weighted by Crippen LogP contribution is -2.40. The molecule has 1 aliphatic carbocycles. The highest BCUT2D eigenvalue weighted by molar-refractivity contribution is 5.82. The summed E-state index contributed by atoms with van der Waals surface area (Å²) in [5.41, 5.74) is 2.75. The van der Waals surface area contributed by atoms with Gasteiger partial charge in [0.25, 0.3) is 0 Å². The van der Waals surface area contributed by atoms with Crippen LogP contribution in [0.3, 0.4) is 0 Å². The average molecular weight is 444 g/mol. The van der Waals surface area contributed by atoms with Gasteiger partial charge in [0.2, 0.25) is 5.91 Å². The first-order chi connectivity index (χ1) is 16.1. The number of halogens is 1. The zero-order chi connectivity index (χ0) is 22.8. The second kappa shape index (κ2) is 9.06. The molecule has 1 aromatic heterocycles. The summed E-state index contributed by atoms with van der Waals surface area (Å²) < 4.78 is 21.3. The Balaban J connectivity index is 1.32. The van der Waals surface area contributed by atoms with Crippen LogP contribution in [0.2, 0.25) is 0 Å². The van der Waals surface area contributed by atoms with Gasteiger partial charge >= 0.3 is 0 Å². The normalized spacial score (nSPS) is 14.6. The van der Waals surface area contributed by atoms with Crippen LogP contribution in [0.5, 0.6) is 11.5 Å². The second-order valence-electron chi connectivity index (χ2n) is 8.70. The number of fused-ring (bicyclic) bond motifs is 1. The van der Waals surface area contributed by atoms with Gasteiger partial charge in [-0.1, -0.05) is 24.6 Å². The third kappa shape index (κ3) is 4.60. The van der Waals surface area contributed by atoms with Crippen LogP contribution < -0.4 is 10.1 Å². The fourth-order valence-electron chi connectivity index (χ4n) is 4.17. The van der Waals surface area contributed by atoms with Crippen molar-refractivity contribution in [1.82, 2.24) is 15.1 Å². The highest BCUT2D eigenvalue weighted by Gasteiger charge is 2.26. The van der Waals surface area contributed by atoms with Crippen LogP contribution >= 0.6 is 0 Å². The van der Waals surface area contributed by atoms with E-state index >= 15 is 0 Å². The summed E-state index contributed by atoms with van der Waals surface area (Å²) in [6, 6.07) is 20.0. The Morgan fingerprint density at radius 3 is 2.70 bits per heavy atom. The van der Waals surface area contributed by atoms with Crippen LogP contribution in [0.4, 0.5) is 4.39 Å². The molecule has 0 aliphatic heterocycles. The third-order valence-corrected chi connectivity index (χ3v) is 6.20. The van der Waals surface area contributed by atoms with Gasteiger partial charge < -0.3 is 10.1 Å². The van der Waals surface area contributed by atoms with Crippen LogP contribution in [0, 0.1) is 11.7 Å². The van der Waals surface area contributed by atoms with Gasteiger partial charge in [0.1, 0.15) is 17.3 Å². The number of hydrogen-bond donors (Lipinski definition) is 1. The number of para-hydroxylation sites is 1. The molecule has 5 nitrogen and oxygen atoms in total. The predicted molar refractivity (Wildman–Crippen MR) is 126 cm³/mol. The van der Waals surface area contributed by atoms with Crippen LogP contribution in [-0.2, 0) is 11.2 Å². The van der Waals surface area contributed by atoms with Gasteiger partial charge in [-0.15, -0.1) is 0 Å². The molecule has 1 heterocycles. The van der Waals surface area contributed by atoms with E-state index < -0.39 is 0 Å². The van der Waals surface area contributed by atoms with Crippen molar-refractivity contribution in [1.29, 1.82) is 0 Å². The second-order valence-corrected chi connectivity index (χ2v) is 8.70. The number of hydrogen-bond acceptors (Lipinski definition) is 3. The molecule has 5 rings (SSSR count). The number of ether oxygens (including phenoxy) is 1. The Kier molecular flexibility index (Phi) is 5.82. The molecule has 1 N–H and O–H groups in total. The van der Waals surface area contributed by atoms with Gasteiger partial charge in [0, 0.05) is 17.3 Å². The van der Waals surface area contributed by atoms with E-state index in [2.05, 4.69) is 10.4 Å². The van der Waals surface area contributed by atoms with Crippen molar-refractivity contribution in [3.05, 3.63) is 84.3 Å². The fourth-order valence-corrected chi connectivity index (χ4v) is 4.17. The van der Waals surface area contributed by atoms with E-state index in [9.17, 15) is 9.18 Å². The van der Waals surface area contributed by atoms with E-state index in [1.165, 1.54) is 12.1 Å². The Hall–Kier alpha value is -3.67. The van der Waals surface area contributed by atoms with Crippen LogP contribution in [0.25, 0.3) is 16.6 Å². The fraction of sp³-hybridized carbons (Fsp3) is 0.259. The maximum Gasteiger partial charge on any atom is 0.223 e. The molecule has 1 amide bonds. The molecule has 0 bridgehead atoms. The summed E-state index contributed by atoms with van der Waals surface area (Å²) in [7, 11) is 0. The highest BCUT2D eigenvalue weighted by Crippen LogP contribution is 2.30. The Labute approximate surface area is 192 Å². The molecule has 1 fully saturated rings. The molecule has 1 saturated carbocycles. The standard InChI is InChI=1S/C27H26FN3O2/c1-18(30-27(32)19-6-4-7-19)15-20-5-2-3-8-26(20)33-24-13-14-25-21(16-24)17-29-31(25)23-11-9-22(28)10-12-23/h2-3,5,8-14,16-19H,4,6-7,15H2,1H3,(H,30,32)/t18-/m0/s1. The SMILES string of the molecule is C[C@@H](Cc1ccccc1Oc1ccc2c(cnn2-c2ccc(F)cc2)c1)NC(=O)C1CCC1. The van der Waals surface area contributed by atoms with Gasteiger partial charge in [-0.2, -0.15) is 5.10 Å². The Morgan fingerprint density at radius 1 is 1.15 bits per heavy atom. The van der Waals surface area contributed by atoms with Crippen molar-refractivity contribution in [3.63, 3.8) is 0 Å². The maximum atomic E-state index is 13.3. The van der Waals surface area contributed by atoms with E-state index in [4.69, 9.17) is 4.74 Å². The molecule has 1 aliphatic rings. The Bertz CT molecular complexity index is 1280. The summed E-state index contributed by atoms with van der Waals surface area (Å²) in [5, 5.41) is 8.52. The number of amides is 1. The molecule has 0 radical (unpaired) electrons. The van der Waals surface area contributed by atoms with E-state index in [-0.39, 0.29) is 23.7 Å². The van der Waals surface area contributed by atoms with Crippen LogP contribution in [-0.4, -0.2) is 21.7 Å². The minimum atomic E-state index is -0.276. The van der Waals surface area contributed by atoms with Gasteiger partial charge in [-0.3, -0.25) is 4.79 Å². The summed E-state index contributed by atoms with van der Waals surface area (Å²) in [6.45, 7) is 2.03. The lowest BCUT2D eigenvalue weighted by molar-refractivity contribution is -0.128. The van der Waals surface area contributed by atoms with Crippen molar-refractivity contribution in [2.45, 2.75) is 38.6 Å². The van der Waals surface area contributed by atoms with Gasteiger partial charge in [-0.05, 0) is 80.3 Å². The number of carbonyl (C=O) groups excluding carboxylic acids is 1. The first kappa shape index (κ1) is 21.2. The van der Waals surface area contributed by atoms with Crippen molar-refractivity contribution in [2.75, 3.05) is 0 Å². The molecular weight excluding hydrogens is 417 g/mol. The molecule has 0 saturated heterocycles. The first-order valence-corrected chi connectivity index (χ1v) is 11.4. The third-order valence-electron chi connectivity index (χ3n) is 6.20. The average Bonchev–Trinajstić information content (AvgIpc) is 3.17. The zero-order valence-electron chi connectivity index (χ0n) is 18.5. The zero-order valence-corrected chi connectivity index (χ0v) is 18.5. The monoisotopic (exact) mass is 443 g/mol. The smallest absolute Gasteiger partial charge is 0.223 e. The summed E-state index contributed by atoms with van der Waals surface area (Å²) >= 11 is 0. The minimum Gasteiger partial charge on any atom is -0.457 e. The van der Waals surface area contributed by atoms with Gasteiger partial charge in [-0.25, -0.2) is 9.07 Å². The molecule has 1 atom stereocenters. The largest absolute Gasteiger partial charge is 0.457 e. The topological polar surface area (TPSA) is 56.1 Å². The maximum absolute atomic E-state index is 13.3.